The average Bonchev–Trinajstić information content (AvgIpc) is 2.83. The van der Waals surface area contributed by atoms with E-state index in [1.165, 1.54) is 77.3 Å². The van der Waals surface area contributed by atoms with Gasteiger partial charge in [0, 0.05) is 18.6 Å². The number of hydrogen-bond donors (Lipinski definition) is 2. The first-order chi connectivity index (χ1) is 8.39. The highest BCUT2D eigenvalue weighted by atomic mass is 15.0. The Morgan fingerprint density at radius 1 is 0.882 bits per heavy atom. The molecule has 2 atom stereocenters. The Morgan fingerprint density at radius 3 is 2.35 bits per heavy atom. The number of piperidine rings is 1. The van der Waals surface area contributed by atoms with Crippen LogP contribution in [0.4, 0.5) is 0 Å². The third kappa shape index (κ3) is 2.53. The van der Waals surface area contributed by atoms with Gasteiger partial charge in [0.2, 0.25) is 0 Å². The second-order valence-electron chi connectivity index (χ2n) is 6.58. The minimum absolute atomic E-state index is 0.704. The summed E-state index contributed by atoms with van der Waals surface area (Å²) in [5.74, 6) is 0. The van der Waals surface area contributed by atoms with E-state index in [2.05, 4.69) is 10.6 Å². The zero-order valence-electron chi connectivity index (χ0n) is 11.1. The first-order valence-electron chi connectivity index (χ1n) is 7.86. The van der Waals surface area contributed by atoms with Crippen molar-refractivity contribution in [2.75, 3.05) is 13.1 Å². The normalized spacial score (nSPS) is 37.4. The van der Waals surface area contributed by atoms with Crippen molar-refractivity contribution in [3.8, 4) is 0 Å². The SMILES string of the molecule is C1CNCC(NC2CCCCC23CCCC3)C1. The molecule has 3 rings (SSSR count). The highest BCUT2D eigenvalue weighted by molar-refractivity contribution is 4.98. The molecular weight excluding hydrogens is 208 g/mol. The maximum Gasteiger partial charge on any atom is 0.0195 e. The molecule has 2 aliphatic carbocycles. The summed E-state index contributed by atoms with van der Waals surface area (Å²) in [4.78, 5) is 0. The standard InChI is InChI=1S/C15H28N2/c1-2-8-15(9-3-4-10-15)14(7-1)17-13-6-5-11-16-12-13/h13-14,16-17H,1-12H2. The summed E-state index contributed by atoms with van der Waals surface area (Å²) in [6.07, 6.45) is 14.6. The van der Waals surface area contributed by atoms with E-state index in [1.54, 1.807) is 0 Å². The van der Waals surface area contributed by atoms with E-state index in [0.717, 1.165) is 12.1 Å². The molecule has 2 saturated carbocycles. The van der Waals surface area contributed by atoms with Crippen LogP contribution in [0, 0.1) is 5.41 Å². The van der Waals surface area contributed by atoms with Gasteiger partial charge in [0.1, 0.15) is 0 Å². The Balaban J connectivity index is 1.62. The minimum Gasteiger partial charge on any atom is -0.315 e. The molecular formula is C15H28N2. The molecule has 0 aromatic carbocycles. The lowest BCUT2D eigenvalue weighted by atomic mass is 9.69. The van der Waals surface area contributed by atoms with E-state index in [9.17, 15) is 0 Å². The summed E-state index contributed by atoms with van der Waals surface area (Å²) in [6, 6.07) is 1.59. The van der Waals surface area contributed by atoms with Gasteiger partial charge in [-0.3, -0.25) is 0 Å². The number of hydrogen-bond acceptors (Lipinski definition) is 2. The fourth-order valence-electron chi connectivity index (χ4n) is 4.52. The van der Waals surface area contributed by atoms with Crippen LogP contribution in [0.2, 0.25) is 0 Å². The lowest BCUT2D eigenvalue weighted by molar-refractivity contribution is 0.116. The average molecular weight is 236 g/mol. The summed E-state index contributed by atoms with van der Waals surface area (Å²) in [5.41, 5.74) is 0.704. The Morgan fingerprint density at radius 2 is 1.65 bits per heavy atom. The second-order valence-corrected chi connectivity index (χ2v) is 6.58. The van der Waals surface area contributed by atoms with Crippen molar-refractivity contribution in [1.82, 2.24) is 10.6 Å². The molecule has 0 amide bonds. The Labute approximate surface area is 106 Å². The Hall–Kier alpha value is -0.0800. The number of rotatable bonds is 2. The van der Waals surface area contributed by atoms with Crippen molar-refractivity contribution < 1.29 is 0 Å². The molecule has 0 radical (unpaired) electrons. The van der Waals surface area contributed by atoms with Gasteiger partial charge >= 0.3 is 0 Å². The molecule has 0 bridgehead atoms. The lowest BCUT2D eigenvalue weighted by Gasteiger charge is -2.44. The van der Waals surface area contributed by atoms with Crippen molar-refractivity contribution in [2.24, 2.45) is 5.41 Å². The molecule has 1 spiro atoms. The summed E-state index contributed by atoms with van der Waals surface area (Å²) in [7, 11) is 0. The van der Waals surface area contributed by atoms with Crippen LogP contribution in [0.1, 0.15) is 64.2 Å². The fourth-order valence-corrected chi connectivity index (χ4v) is 4.52. The molecule has 0 aromatic heterocycles. The maximum absolute atomic E-state index is 4.03. The third-order valence-corrected chi connectivity index (χ3v) is 5.49. The van der Waals surface area contributed by atoms with E-state index >= 15 is 0 Å². The molecule has 98 valence electrons. The van der Waals surface area contributed by atoms with E-state index < -0.39 is 0 Å². The number of nitrogens with one attached hydrogen (secondary N) is 2. The first kappa shape index (κ1) is 12.0. The van der Waals surface area contributed by atoms with Crippen molar-refractivity contribution in [1.29, 1.82) is 0 Å². The molecule has 1 heterocycles. The van der Waals surface area contributed by atoms with Gasteiger partial charge < -0.3 is 10.6 Å². The van der Waals surface area contributed by atoms with Gasteiger partial charge in [0.25, 0.3) is 0 Å². The van der Waals surface area contributed by atoms with Crippen LogP contribution in [0.15, 0.2) is 0 Å². The lowest BCUT2D eigenvalue weighted by Crippen LogP contribution is -2.54. The molecule has 17 heavy (non-hydrogen) atoms. The zero-order chi connectivity index (χ0) is 11.6. The van der Waals surface area contributed by atoms with Crippen LogP contribution < -0.4 is 10.6 Å². The molecule has 2 N–H and O–H groups in total. The fraction of sp³-hybridized carbons (Fsp3) is 1.00. The van der Waals surface area contributed by atoms with E-state index in [0.29, 0.717) is 5.41 Å². The third-order valence-electron chi connectivity index (χ3n) is 5.49. The highest BCUT2D eigenvalue weighted by Crippen LogP contribution is 2.49. The molecule has 3 aliphatic rings. The largest absolute Gasteiger partial charge is 0.315 e. The van der Waals surface area contributed by atoms with Gasteiger partial charge in [-0.2, -0.15) is 0 Å². The van der Waals surface area contributed by atoms with Gasteiger partial charge in [-0.1, -0.05) is 25.7 Å². The summed E-state index contributed by atoms with van der Waals surface area (Å²) < 4.78 is 0. The van der Waals surface area contributed by atoms with E-state index in [-0.39, 0.29) is 0 Å². The second kappa shape index (κ2) is 5.27. The predicted octanol–water partition coefficient (Wildman–Crippen LogP) is 2.83. The quantitative estimate of drug-likeness (QED) is 0.770. The van der Waals surface area contributed by atoms with E-state index in [4.69, 9.17) is 0 Å². The van der Waals surface area contributed by atoms with Crippen molar-refractivity contribution in [2.45, 2.75) is 76.3 Å². The maximum atomic E-state index is 4.03. The Bertz CT molecular complexity index is 239. The first-order valence-corrected chi connectivity index (χ1v) is 7.86. The van der Waals surface area contributed by atoms with Crippen LogP contribution in [-0.4, -0.2) is 25.2 Å². The molecule has 2 unspecified atom stereocenters. The molecule has 2 heteroatoms. The monoisotopic (exact) mass is 236 g/mol. The van der Waals surface area contributed by atoms with Crippen LogP contribution in [0.5, 0.6) is 0 Å². The van der Waals surface area contributed by atoms with Crippen LogP contribution in [-0.2, 0) is 0 Å². The molecule has 1 aliphatic heterocycles. The minimum atomic E-state index is 0.704. The van der Waals surface area contributed by atoms with Crippen LogP contribution >= 0.6 is 0 Å². The molecule has 3 fully saturated rings. The van der Waals surface area contributed by atoms with E-state index in [1.807, 2.05) is 0 Å². The smallest absolute Gasteiger partial charge is 0.0195 e. The zero-order valence-corrected chi connectivity index (χ0v) is 11.1. The van der Waals surface area contributed by atoms with Crippen LogP contribution in [0.3, 0.4) is 0 Å². The van der Waals surface area contributed by atoms with Gasteiger partial charge in [-0.05, 0) is 50.5 Å². The Kier molecular flexibility index (Phi) is 3.72. The van der Waals surface area contributed by atoms with Gasteiger partial charge in [-0.15, -0.1) is 0 Å². The highest BCUT2D eigenvalue weighted by Gasteiger charge is 2.43. The topological polar surface area (TPSA) is 24.1 Å². The predicted molar refractivity (Wildman–Crippen MR) is 72.2 cm³/mol. The summed E-state index contributed by atoms with van der Waals surface area (Å²) in [5, 5.41) is 7.57. The van der Waals surface area contributed by atoms with Gasteiger partial charge in [0.15, 0.2) is 0 Å². The van der Waals surface area contributed by atoms with Crippen molar-refractivity contribution >= 4 is 0 Å². The van der Waals surface area contributed by atoms with Crippen molar-refractivity contribution in [3.63, 3.8) is 0 Å². The molecule has 2 nitrogen and oxygen atoms in total. The summed E-state index contributed by atoms with van der Waals surface area (Å²) >= 11 is 0. The van der Waals surface area contributed by atoms with Gasteiger partial charge in [0.05, 0.1) is 0 Å². The van der Waals surface area contributed by atoms with Crippen molar-refractivity contribution in [3.05, 3.63) is 0 Å². The molecule has 0 aromatic rings. The molecule has 1 saturated heterocycles. The van der Waals surface area contributed by atoms with Gasteiger partial charge in [-0.25, -0.2) is 0 Å². The van der Waals surface area contributed by atoms with Crippen LogP contribution in [0.25, 0.3) is 0 Å². The summed E-state index contributed by atoms with van der Waals surface area (Å²) in [6.45, 7) is 2.43.